The normalized spacial score (nSPS) is 11.4. The highest BCUT2D eigenvalue weighted by Gasteiger charge is 2.17. The van der Waals surface area contributed by atoms with E-state index in [-0.39, 0.29) is 23.5 Å². The van der Waals surface area contributed by atoms with Gasteiger partial charge in [0.1, 0.15) is 18.5 Å². The van der Waals surface area contributed by atoms with Gasteiger partial charge in [0.2, 0.25) is 5.91 Å². The minimum Gasteiger partial charge on any atom is -0.493 e. The number of carbonyl (C=O) groups is 1. The van der Waals surface area contributed by atoms with Crippen molar-refractivity contribution in [3.63, 3.8) is 0 Å². The number of amides is 1. The van der Waals surface area contributed by atoms with Crippen LogP contribution in [0.3, 0.4) is 0 Å². The molecule has 1 amide bonds. The summed E-state index contributed by atoms with van der Waals surface area (Å²) in [4.78, 5) is 14.5. The van der Waals surface area contributed by atoms with E-state index in [1.807, 2.05) is 60.7 Å². The van der Waals surface area contributed by atoms with E-state index < -0.39 is 9.84 Å². The first-order valence-corrected chi connectivity index (χ1v) is 12.6. The van der Waals surface area contributed by atoms with Crippen molar-refractivity contribution >= 4 is 15.7 Å². The van der Waals surface area contributed by atoms with Crippen LogP contribution in [0.2, 0.25) is 0 Å². The summed E-state index contributed by atoms with van der Waals surface area (Å²) < 4.78 is 35.0. The minimum absolute atomic E-state index is 0.0395. The molecular weight excluding hydrogens is 438 g/mol. The number of rotatable bonds is 11. The largest absolute Gasteiger partial charge is 0.493 e. The van der Waals surface area contributed by atoms with Gasteiger partial charge in [-0.15, -0.1) is 0 Å². The zero-order chi connectivity index (χ0) is 23.7. The number of sulfone groups is 1. The number of ether oxygens (including phenoxy) is 2. The van der Waals surface area contributed by atoms with Crippen molar-refractivity contribution in [2.45, 2.75) is 17.4 Å². The SMILES string of the molecule is CN(CCCOc1cccc(S(C)(=O)=O)c1)C(=O)COC(c1ccccc1)c1ccccc1. The van der Waals surface area contributed by atoms with Gasteiger partial charge in [0.25, 0.3) is 0 Å². The molecular formula is C26H29NO5S. The molecule has 7 heteroatoms. The Morgan fingerprint density at radius 3 is 2.09 bits per heavy atom. The van der Waals surface area contributed by atoms with Crippen LogP contribution in [-0.2, 0) is 19.4 Å². The molecule has 0 aliphatic heterocycles. The lowest BCUT2D eigenvalue weighted by Gasteiger charge is -2.22. The second kappa shape index (κ2) is 11.6. The van der Waals surface area contributed by atoms with E-state index in [2.05, 4.69) is 0 Å². The molecule has 0 N–H and O–H groups in total. The van der Waals surface area contributed by atoms with E-state index in [0.717, 1.165) is 17.4 Å². The Balaban J connectivity index is 1.49. The van der Waals surface area contributed by atoms with Crippen LogP contribution in [-0.4, -0.2) is 52.3 Å². The van der Waals surface area contributed by atoms with Gasteiger partial charge in [-0.3, -0.25) is 4.79 Å². The van der Waals surface area contributed by atoms with E-state index in [9.17, 15) is 13.2 Å². The Morgan fingerprint density at radius 2 is 1.52 bits per heavy atom. The predicted molar refractivity (Wildman–Crippen MR) is 128 cm³/mol. The molecule has 33 heavy (non-hydrogen) atoms. The topological polar surface area (TPSA) is 72.9 Å². The summed E-state index contributed by atoms with van der Waals surface area (Å²) in [6.45, 7) is 0.819. The van der Waals surface area contributed by atoms with Crippen LogP contribution in [0.4, 0.5) is 0 Å². The van der Waals surface area contributed by atoms with E-state index in [0.29, 0.717) is 25.3 Å². The Labute approximate surface area is 195 Å². The van der Waals surface area contributed by atoms with Crippen LogP contribution in [0.1, 0.15) is 23.7 Å². The van der Waals surface area contributed by atoms with Crippen LogP contribution in [0.25, 0.3) is 0 Å². The average molecular weight is 468 g/mol. The quantitative estimate of drug-likeness (QED) is 0.397. The van der Waals surface area contributed by atoms with Gasteiger partial charge in [-0.2, -0.15) is 0 Å². The number of likely N-dealkylation sites (N-methyl/N-ethyl adjacent to an activating group) is 1. The molecule has 6 nitrogen and oxygen atoms in total. The van der Waals surface area contributed by atoms with Crippen molar-refractivity contribution in [2.24, 2.45) is 0 Å². The lowest BCUT2D eigenvalue weighted by Crippen LogP contribution is -2.32. The zero-order valence-corrected chi connectivity index (χ0v) is 19.7. The fraction of sp³-hybridized carbons (Fsp3) is 0.269. The highest BCUT2D eigenvalue weighted by atomic mass is 32.2. The van der Waals surface area contributed by atoms with E-state index in [4.69, 9.17) is 9.47 Å². The molecule has 0 aliphatic carbocycles. The van der Waals surface area contributed by atoms with Gasteiger partial charge in [0, 0.05) is 19.8 Å². The molecule has 3 aromatic rings. The summed E-state index contributed by atoms with van der Waals surface area (Å²) >= 11 is 0. The highest BCUT2D eigenvalue weighted by molar-refractivity contribution is 7.90. The van der Waals surface area contributed by atoms with Crippen LogP contribution < -0.4 is 4.74 Å². The fourth-order valence-electron chi connectivity index (χ4n) is 3.32. The molecule has 3 rings (SSSR count). The van der Waals surface area contributed by atoms with Gasteiger partial charge in [-0.25, -0.2) is 8.42 Å². The molecule has 174 valence electrons. The van der Waals surface area contributed by atoms with Crippen molar-refractivity contribution in [1.29, 1.82) is 0 Å². The van der Waals surface area contributed by atoms with E-state index in [1.54, 1.807) is 24.1 Å². The third-order valence-electron chi connectivity index (χ3n) is 5.14. The second-order valence-corrected chi connectivity index (χ2v) is 9.79. The Hall–Kier alpha value is -3.16. The number of hydrogen-bond donors (Lipinski definition) is 0. The van der Waals surface area contributed by atoms with Crippen molar-refractivity contribution in [3.8, 4) is 5.75 Å². The molecule has 0 spiro atoms. The van der Waals surface area contributed by atoms with Crippen LogP contribution in [0.15, 0.2) is 89.8 Å². The Bertz CT molecular complexity index is 1090. The highest BCUT2D eigenvalue weighted by Crippen LogP contribution is 2.25. The van der Waals surface area contributed by atoms with Gasteiger partial charge in [-0.1, -0.05) is 66.7 Å². The summed E-state index contributed by atoms with van der Waals surface area (Å²) in [6.07, 6.45) is 1.44. The molecule has 0 radical (unpaired) electrons. The molecule has 3 aromatic carbocycles. The van der Waals surface area contributed by atoms with Crippen LogP contribution in [0, 0.1) is 0 Å². The Morgan fingerprint density at radius 1 is 0.909 bits per heavy atom. The van der Waals surface area contributed by atoms with Gasteiger partial charge in [-0.05, 0) is 35.7 Å². The lowest BCUT2D eigenvalue weighted by atomic mass is 10.0. The molecule has 0 saturated carbocycles. The van der Waals surface area contributed by atoms with Gasteiger partial charge < -0.3 is 14.4 Å². The number of benzene rings is 3. The van der Waals surface area contributed by atoms with Gasteiger partial charge in [0.15, 0.2) is 9.84 Å². The van der Waals surface area contributed by atoms with Crippen molar-refractivity contribution in [2.75, 3.05) is 33.1 Å². The summed E-state index contributed by atoms with van der Waals surface area (Å²) in [5, 5.41) is 0. The fourth-order valence-corrected chi connectivity index (χ4v) is 3.97. The maximum absolute atomic E-state index is 12.6. The maximum Gasteiger partial charge on any atom is 0.248 e. The van der Waals surface area contributed by atoms with E-state index in [1.165, 1.54) is 12.1 Å². The molecule has 0 heterocycles. The smallest absolute Gasteiger partial charge is 0.248 e. The van der Waals surface area contributed by atoms with Crippen LogP contribution >= 0.6 is 0 Å². The van der Waals surface area contributed by atoms with Crippen molar-refractivity contribution in [1.82, 2.24) is 4.90 Å². The first-order valence-electron chi connectivity index (χ1n) is 10.7. The number of carbonyl (C=O) groups excluding carboxylic acids is 1. The summed E-state index contributed by atoms with van der Waals surface area (Å²) in [7, 11) is -1.55. The van der Waals surface area contributed by atoms with Crippen molar-refractivity contribution < 1.29 is 22.7 Å². The molecule has 0 atom stereocenters. The van der Waals surface area contributed by atoms with Crippen LogP contribution in [0.5, 0.6) is 5.75 Å². The first-order chi connectivity index (χ1) is 15.8. The summed E-state index contributed by atoms with van der Waals surface area (Å²) in [6, 6.07) is 26.1. The number of nitrogens with zero attached hydrogens (tertiary/aromatic N) is 1. The molecule has 0 fully saturated rings. The van der Waals surface area contributed by atoms with Gasteiger partial charge >= 0.3 is 0 Å². The Kier molecular flexibility index (Phi) is 8.63. The maximum atomic E-state index is 12.6. The molecule has 0 unspecified atom stereocenters. The lowest BCUT2D eigenvalue weighted by molar-refractivity contribution is -0.136. The minimum atomic E-state index is -3.28. The predicted octanol–water partition coefficient (Wildman–Crippen LogP) is 4.12. The number of hydrogen-bond acceptors (Lipinski definition) is 5. The summed E-state index contributed by atoms with van der Waals surface area (Å²) in [5.41, 5.74) is 1.98. The first kappa shape index (κ1) is 24.5. The van der Waals surface area contributed by atoms with Gasteiger partial charge in [0.05, 0.1) is 11.5 Å². The summed E-state index contributed by atoms with van der Waals surface area (Å²) in [5.74, 6) is 0.370. The average Bonchev–Trinajstić information content (AvgIpc) is 2.83. The second-order valence-electron chi connectivity index (χ2n) is 7.78. The van der Waals surface area contributed by atoms with E-state index >= 15 is 0 Å². The molecule has 0 saturated heterocycles. The molecule has 0 aromatic heterocycles. The third kappa shape index (κ3) is 7.44. The molecule has 0 aliphatic rings. The zero-order valence-electron chi connectivity index (χ0n) is 18.9. The van der Waals surface area contributed by atoms with Crippen molar-refractivity contribution in [3.05, 3.63) is 96.1 Å². The molecule has 0 bridgehead atoms. The monoisotopic (exact) mass is 467 g/mol. The third-order valence-corrected chi connectivity index (χ3v) is 6.25. The standard InChI is InChI=1S/C26H29NO5S/c1-27(17-10-18-31-23-15-9-16-24(19-23)33(2,29)30)25(28)20-32-26(21-11-5-3-6-12-21)22-13-7-4-8-14-22/h3-9,11-16,19,26H,10,17-18,20H2,1-2H3.